The molecule has 0 saturated carbocycles. The first-order valence-electron chi connectivity index (χ1n) is 11.9. The van der Waals surface area contributed by atoms with Gasteiger partial charge in [0.1, 0.15) is 0 Å². The van der Waals surface area contributed by atoms with E-state index in [1.54, 1.807) is 12.2 Å². The Balaban J connectivity index is 1.94. The molecule has 0 fully saturated rings. The average Bonchev–Trinajstić information content (AvgIpc) is 3.03. The molecular weight excluding hydrogens is 468 g/mol. The van der Waals surface area contributed by atoms with E-state index >= 15 is 0 Å². The van der Waals surface area contributed by atoms with Gasteiger partial charge in [0.05, 0.1) is 18.1 Å². The van der Waals surface area contributed by atoms with Crippen molar-refractivity contribution in [1.29, 1.82) is 5.26 Å². The Bertz CT molecular complexity index is 1320. The minimum absolute atomic E-state index is 0.00196. The molecule has 4 nitrogen and oxygen atoms in total. The number of carboxylic acids is 1. The lowest BCUT2D eigenvalue weighted by molar-refractivity contribution is -0.136. The van der Waals surface area contributed by atoms with Gasteiger partial charge in [0, 0.05) is 33.8 Å². The van der Waals surface area contributed by atoms with Crippen LogP contribution in [0.3, 0.4) is 0 Å². The van der Waals surface area contributed by atoms with E-state index in [-0.39, 0.29) is 11.8 Å². The zero-order valence-corrected chi connectivity index (χ0v) is 22.4. The molecule has 5 heteroatoms. The Hall–Kier alpha value is -3.55. The molecule has 0 saturated heterocycles. The molecule has 1 heterocycles. The van der Waals surface area contributed by atoms with E-state index < -0.39 is 11.4 Å². The van der Waals surface area contributed by atoms with E-state index in [9.17, 15) is 15.2 Å². The molecule has 0 amide bonds. The molecule has 1 aliphatic rings. The first-order valence-corrected chi connectivity index (χ1v) is 12.3. The minimum Gasteiger partial charge on any atom is -0.481 e. The van der Waals surface area contributed by atoms with Crippen LogP contribution in [-0.2, 0) is 15.6 Å². The summed E-state index contributed by atoms with van der Waals surface area (Å²) in [6, 6.07) is 16.2. The predicted octanol–water partition coefficient (Wildman–Crippen LogP) is 7.64. The summed E-state index contributed by atoms with van der Waals surface area (Å²) in [6.45, 7) is 15.1. The van der Waals surface area contributed by atoms with Crippen LogP contribution in [0.2, 0.25) is 5.02 Å². The Morgan fingerprint density at radius 2 is 1.92 bits per heavy atom. The second-order valence-corrected chi connectivity index (χ2v) is 10.6. The zero-order valence-electron chi connectivity index (χ0n) is 21.6. The van der Waals surface area contributed by atoms with Crippen molar-refractivity contribution in [3.05, 3.63) is 112 Å². The van der Waals surface area contributed by atoms with Gasteiger partial charge in [-0.05, 0) is 65.6 Å². The van der Waals surface area contributed by atoms with Crippen molar-refractivity contribution >= 4 is 23.3 Å². The molecule has 0 aromatic heterocycles. The van der Waals surface area contributed by atoms with E-state index in [0.717, 1.165) is 22.5 Å². The molecule has 1 aliphatic heterocycles. The lowest BCUT2D eigenvalue weighted by Gasteiger charge is -2.28. The molecule has 186 valence electrons. The number of aryl methyl sites for hydroxylation is 1. The third-order valence-electron chi connectivity index (χ3n) is 7.04. The fourth-order valence-electron chi connectivity index (χ4n) is 4.74. The van der Waals surface area contributed by atoms with Crippen molar-refractivity contribution < 1.29 is 9.90 Å². The third-order valence-corrected chi connectivity index (χ3v) is 7.27. The van der Waals surface area contributed by atoms with Gasteiger partial charge >= 0.3 is 5.97 Å². The Morgan fingerprint density at radius 3 is 2.56 bits per heavy atom. The lowest BCUT2D eigenvalue weighted by Crippen LogP contribution is -2.28. The van der Waals surface area contributed by atoms with Gasteiger partial charge in [0.25, 0.3) is 0 Å². The largest absolute Gasteiger partial charge is 0.481 e. The second kappa shape index (κ2) is 10.6. The van der Waals surface area contributed by atoms with Gasteiger partial charge in [-0.2, -0.15) is 5.26 Å². The molecule has 0 atom stereocenters. The number of nitriles is 1. The number of halogens is 1. The SMILES string of the molecule is C=C(/C=C/C(C#N)=C/C=C1/N(CCC(=O)O)c2ccc(Cl)cc2C1(C)C)C(C)(C)c1ccccc1C. The summed E-state index contributed by atoms with van der Waals surface area (Å²) in [5, 5.41) is 19.7. The molecule has 2 aromatic carbocycles. The molecular formula is C31H33ClN2O2. The van der Waals surface area contributed by atoms with Crippen LogP contribution in [0.1, 0.15) is 50.8 Å². The zero-order chi connectivity index (χ0) is 26.7. The predicted molar refractivity (Wildman–Crippen MR) is 148 cm³/mol. The summed E-state index contributed by atoms with van der Waals surface area (Å²) >= 11 is 6.28. The highest BCUT2D eigenvalue weighted by atomic mass is 35.5. The standard InChI is InChI=1S/C31H33ClN2O2/c1-21-9-7-8-10-25(21)30(3,4)22(2)11-12-23(20-33)13-16-28-31(5,6)26-19-24(32)14-15-27(26)34(28)18-17-29(35)36/h7-16,19H,2,17-18H2,1,3-6H3,(H,35,36)/b12-11+,23-13-,28-16+. The fraction of sp³-hybridized carbons (Fsp3) is 0.290. The van der Waals surface area contributed by atoms with Crippen LogP contribution < -0.4 is 4.90 Å². The maximum Gasteiger partial charge on any atom is 0.305 e. The van der Waals surface area contributed by atoms with Crippen molar-refractivity contribution in [3.63, 3.8) is 0 Å². The van der Waals surface area contributed by atoms with Gasteiger partial charge in [-0.25, -0.2) is 0 Å². The number of carbonyl (C=O) groups is 1. The van der Waals surface area contributed by atoms with Crippen molar-refractivity contribution in [3.8, 4) is 6.07 Å². The molecule has 0 spiro atoms. The van der Waals surface area contributed by atoms with Crippen molar-refractivity contribution in [1.82, 2.24) is 0 Å². The monoisotopic (exact) mass is 500 g/mol. The van der Waals surface area contributed by atoms with Gasteiger partial charge in [-0.3, -0.25) is 4.79 Å². The fourth-order valence-corrected chi connectivity index (χ4v) is 4.91. The first-order chi connectivity index (χ1) is 16.9. The molecule has 0 radical (unpaired) electrons. The average molecular weight is 501 g/mol. The number of allylic oxidation sites excluding steroid dienone is 7. The molecule has 3 rings (SSSR count). The van der Waals surface area contributed by atoms with Crippen molar-refractivity contribution in [2.75, 3.05) is 11.4 Å². The van der Waals surface area contributed by atoms with Gasteiger partial charge in [0.2, 0.25) is 0 Å². The molecule has 36 heavy (non-hydrogen) atoms. The Morgan fingerprint density at radius 1 is 1.22 bits per heavy atom. The summed E-state index contributed by atoms with van der Waals surface area (Å²) < 4.78 is 0. The van der Waals surface area contributed by atoms with E-state index in [2.05, 4.69) is 59.4 Å². The number of rotatable bonds is 8. The van der Waals surface area contributed by atoms with Crippen molar-refractivity contribution in [2.24, 2.45) is 0 Å². The number of nitrogens with zero attached hydrogens (tertiary/aromatic N) is 2. The van der Waals surface area contributed by atoms with Gasteiger partial charge < -0.3 is 10.0 Å². The Labute approximate surface area is 219 Å². The van der Waals surface area contributed by atoms with E-state index in [0.29, 0.717) is 17.1 Å². The number of fused-ring (bicyclic) bond motifs is 1. The van der Waals surface area contributed by atoms with Crippen molar-refractivity contribution in [2.45, 2.75) is 51.9 Å². The maximum atomic E-state index is 11.3. The Kier molecular flexibility index (Phi) is 7.96. The third kappa shape index (κ3) is 5.48. The van der Waals surface area contributed by atoms with Crippen LogP contribution in [0, 0.1) is 18.3 Å². The number of anilines is 1. The summed E-state index contributed by atoms with van der Waals surface area (Å²) in [7, 11) is 0. The molecule has 0 unspecified atom stereocenters. The summed E-state index contributed by atoms with van der Waals surface area (Å²) in [6.07, 6.45) is 7.37. The maximum absolute atomic E-state index is 11.3. The quantitative estimate of drug-likeness (QED) is 0.298. The number of carboxylic acid groups (broad SMARTS) is 1. The first kappa shape index (κ1) is 27.0. The van der Waals surface area contributed by atoms with E-state index in [1.807, 2.05) is 47.4 Å². The highest BCUT2D eigenvalue weighted by Gasteiger charge is 2.40. The van der Waals surface area contributed by atoms with Gasteiger partial charge in [0.15, 0.2) is 0 Å². The van der Waals surface area contributed by atoms with Gasteiger partial charge in [-0.15, -0.1) is 0 Å². The highest BCUT2D eigenvalue weighted by Crippen LogP contribution is 2.48. The summed E-state index contributed by atoms with van der Waals surface area (Å²) in [5.74, 6) is -0.861. The van der Waals surface area contributed by atoms with E-state index in [4.69, 9.17) is 11.6 Å². The van der Waals surface area contributed by atoms with Crippen LogP contribution in [0.5, 0.6) is 0 Å². The molecule has 2 aromatic rings. The van der Waals surface area contributed by atoms with Crippen LogP contribution >= 0.6 is 11.6 Å². The minimum atomic E-state index is -0.861. The molecule has 1 N–H and O–H groups in total. The van der Waals surface area contributed by atoms with E-state index in [1.165, 1.54) is 11.1 Å². The van der Waals surface area contributed by atoms with Crippen LogP contribution in [-0.4, -0.2) is 17.6 Å². The topological polar surface area (TPSA) is 64.3 Å². The molecule has 0 aliphatic carbocycles. The van der Waals surface area contributed by atoms with Crippen LogP contribution in [0.4, 0.5) is 5.69 Å². The number of benzene rings is 2. The second-order valence-electron chi connectivity index (χ2n) is 10.2. The van der Waals surface area contributed by atoms with Crippen LogP contribution in [0.25, 0.3) is 0 Å². The molecule has 0 bridgehead atoms. The summed E-state index contributed by atoms with van der Waals surface area (Å²) in [5.41, 5.74) is 5.96. The summed E-state index contributed by atoms with van der Waals surface area (Å²) in [4.78, 5) is 13.3. The van der Waals surface area contributed by atoms with Crippen LogP contribution in [0.15, 0.2) is 90.2 Å². The smallest absolute Gasteiger partial charge is 0.305 e. The normalized spacial score (nSPS) is 16.3. The number of hydrogen-bond acceptors (Lipinski definition) is 3. The number of hydrogen-bond donors (Lipinski definition) is 1. The van der Waals surface area contributed by atoms with Gasteiger partial charge in [-0.1, -0.05) is 76.2 Å². The lowest BCUT2D eigenvalue weighted by atomic mass is 9.76. The number of aliphatic carboxylic acids is 1. The highest BCUT2D eigenvalue weighted by molar-refractivity contribution is 6.30.